The van der Waals surface area contributed by atoms with Crippen LogP contribution in [0.4, 0.5) is 0 Å². The normalized spacial score (nSPS) is 24.3. The molecule has 2 heteroatoms. The lowest BCUT2D eigenvalue weighted by Crippen LogP contribution is -2.27. The number of amides is 1. The molecule has 1 aliphatic heterocycles. The molecule has 2 nitrogen and oxygen atoms in total. The molecule has 0 N–H and O–H groups in total. The van der Waals surface area contributed by atoms with Gasteiger partial charge in [0.15, 0.2) is 0 Å². The predicted octanol–water partition coefficient (Wildman–Crippen LogP) is 1.82. The minimum Gasteiger partial charge on any atom is -0.272 e. The maximum Gasteiger partial charge on any atom is 0.253 e. The molecule has 1 rings (SSSR count). The van der Waals surface area contributed by atoms with E-state index in [9.17, 15) is 4.79 Å². The van der Waals surface area contributed by atoms with Crippen molar-refractivity contribution in [3.63, 3.8) is 0 Å². The standard InChI is InChI=1S/C9H13NO/c1-9(2,3)7-5-4-6-10-8(7)11/h4-7H,1-3H3. The van der Waals surface area contributed by atoms with Crippen molar-refractivity contribution in [3.05, 3.63) is 12.2 Å². The molecule has 0 aliphatic carbocycles. The molecule has 1 amide bonds. The van der Waals surface area contributed by atoms with Gasteiger partial charge in [-0.2, -0.15) is 0 Å². The van der Waals surface area contributed by atoms with Crippen LogP contribution >= 0.6 is 0 Å². The second-order valence-corrected chi connectivity index (χ2v) is 3.85. The maximum absolute atomic E-state index is 11.2. The number of dihydropyridines is 1. The van der Waals surface area contributed by atoms with Gasteiger partial charge in [0.1, 0.15) is 0 Å². The van der Waals surface area contributed by atoms with E-state index in [0.29, 0.717) is 0 Å². The zero-order valence-electron chi connectivity index (χ0n) is 7.16. The summed E-state index contributed by atoms with van der Waals surface area (Å²) in [6.07, 6.45) is 5.29. The third-order valence-corrected chi connectivity index (χ3v) is 1.79. The molecule has 0 saturated heterocycles. The molecule has 1 heterocycles. The molecular weight excluding hydrogens is 138 g/mol. The summed E-state index contributed by atoms with van der Waals surface area (Å²) in [4.78, 5) is 14.9. The van der Waals surface area contributed by atoms with Crippen LogP contribution in [0.15, 0.2) is 17.1 Å². The Hall–Kier alpha value is -0.920. The number of carbonyl (C=O) groups excluding carboxylic acids is 1. The van der Waals surface area contributed by atoms with Crippen LogP contribution in [0.1, 0.15) is 20.8 Å². The lowest BCUT2D eigenvalue weighted by Gasteiger charge is -2.25. The highest BCUT2D eigenvalue weighted by Gasteiger charge is 2.29. The molecule has 0 aromatic heterocycles. The van der Waals surface area contributed by atoms with Gasteiger partial charge < -0.3 is 0 Å². The third kappa shape index (κ3) is 1.76. The summed E-state index contributed by atoms with van der Waals surface area (Å²) in [5.41, 5.74) is -0.00859. The zero-order chi connectivity index (χ0) is 8.48. The van der Waals surface area contributed by atoms with Crippen LogP contribution in [0, 0.1) is 11.3 Å². The van der Waals surface area contributed by atoms with Crippen molar-refractivity contribution in [3.8, 4) is 0 Å². The zero-order valence-corrected chi connectivity index (χ0v) is 7.16. The van der Waals surface area contributed by atoms with Crippen molar-refractivity contribution in [1.82, 2.24) is 0 Å². The van der Waals surface area contributed by atoms with Gasteiger partial charge in [-0.1, -0.05) is 26.8 Å². The largest absolute Gasteiger partial charge is 0.272 e. The van der Waals surface area contributed by atoms with Gasteiger partial charge in [0.05, 0.1) is 5.92 Å². The Bertz CT molecular complexity index is 220. The molecule has 1 aliphatic rings. The highest BCUT2D eigenvalue weighted by atomic mass is 16.1. The molecular formula is C9H13NO. The van der Waals surface area contributed by atoms with Gasteiger partial charge in [0.2, 0.25) is 0 Å². The van der Waals surface area contributed by atoms with Crippen molar-refractivity contribution in [1.29, 1.82) is 0 Å². The first-order valence-electron chi connectivity index (χ1n) is 3.76. The molecule has 0 aromatic rings. The minimum absolute atomic E-state index is 0.00859. The van der Waals surface area contributed by atoms with E-state index in [1.807, 2.05) is 32.9 Å². The Morgan fingerprint density at radius 2 is 2.09 bits per heavy atom. The molecule has 60 valence electrons. The average molecular weight is 151 g/mol. The van der Waals surface area contributed by atoms with Gasteiger partial charge in [0, 0.05) is 6.21 Å². The molecule has 0 bridgehead atoms. The lowest BCUT2D eigenvalue weighted by molar-refractivity contribution is -0.122. The highest BCUT2D eigenvalue weighted by Crippen LogP contribution is 2.28. The van der Waals surface area contributed by atoms with Crippen molar-refractivity contribution >= 4 is 12.1 Å². The van der Waals surface area contributed by atoms with E-state index < -0.39 is 0 Å². The first-order valence-corrected chi connectivity index (χ1v) is 3.76. The van der Waals surface area contributed by atoms with E-state index in [-0.39, 0.29) is 17.2 Å². The summed E-state index contributed by atoms with van der Waals surface area (Å²) in [5, 5.41) is 0. The maximum atomic E-state index is 11.2. The van der Waals surface area contributed by atoms with Crippen LogP contribution in [-0.4, -0.2) is 12.1 Å². The number of rotatable bonds is 0. The Labute approximate surface area is 67.0 Å². The summed E-state index contributed by atoms with van der Waals surface area (Å²) in [6.45, 7) is 6.13. The SMILES string of the molecule is CC(C)(C)C1C=CC=NC1=O. The van der Waals surface area contributed by atoms with Gasteiger partial charge in [-0.05, 0) is 11.5 Å². The first-order chi connectivity index (χ1) is 5.02. The van der Waals surface area contributed by atoms with Crippen LogP contribution in [0.2, 0.25) is 0 Å². The fourth-order valence-electron chi connectivity index (χ4n) is 1.10. The van der Waals surface area contributed by atoms with Gasteiger partial charge in [-0.3, -0.25) is 4.79 Å². The number of aliphatic imine (C=N–C) groups is 1. The second kappa shape index (κ2) is 2.61. The van der Waals surface area contributed by atoms with Crippen LogP contribution in [0.25, 0.3) is 0 Å². The van der Waals surface area contributed by atoms with Gasteiger partial charge in [-0.25, -0.2) is 4.99 Å². The number of nitrogens with zero attached hydrogens (tertiary/aromatic N) is 1. The fourth-order valence-corrected chi connectivity index (χ4v) is 1.10. The van der Waals surface area contributed by atoms with Crippen LogP contribution < -0.4 is 0 Å². The van der Waals surface area contributed by atoms with E-state index in [2.05, 4.69) is 4.99 Å². The van der Waals surface area contributed by atoms with E-state index in [0.717, 1.165) is 0 Å². The third-order valence-electron chi connectivity index (χ3n) is 1.79. The molecule has 0 aromatic carbocycles. The monoisotopic (exact) mass is 151 g/mol. The van der Waals surface area contributed by atoms with E-state index >= 15 is 0 Å². The number of carbonyl (C=O) groups is 1. The summed E-state index contributed by atoms with van der Waals surface area (Å²) in [5.74, 6) is -0.0764. The van der Waals surface area contributed by atoms with Gasteiger partial charge in [-0.15, -0.1) is 0 Å². The Balaban J connectivity index is 2.82. The van der Waals surface area contributed by atoms with Crippen LogP contribution in [0.3, 0.4) is 0 Å². The highest BCUT2D eigenvalue weighted by molar-refractivity contribution is 5.94. The van der Waals surface area contributed by atoms with Gasteiger partial charge >= 0.3 is 0 Å². The molecule has 1 unspecified atom stereocenters. The summed E-state index contributed by atoms with van der Waals surface area (Å²) in [7, 11) is 0. The molecule has 0 radical (unpaired) electrons. The fraction of sp³-hybridized carbons (Fsp3) is 0.556. The van der Waals surface area contributed by atoms with Crippen LogP contribution in [-0.2, 0) is 4.79 Å². The Kier molecular flexibility index (Phi) is 1.94. The molecule has 0 spiro atoms. The number of hydrogen-bond acceptors (Lipinski definition) is 1. The quantitative estimate of drug-likeness (QED) is 0.519. The van der Waals surface area contributed by atoms with Crippen molar-refractivity contribution in [2.75, 3.05) is 0 Å². The number of allylic oxidation sites excluding steroid dienone is 1. The topological polar surface area (TPSA) is 29.4 Å². The smallest absolute Gasteiger partial charge is 0.253 e. The lowest BCUT2D eigenvalue weighted by atomic mass is 9.79. The first kappa shape index (κ1) is 8.18. The molecule has 0 saturated carbocycles. The predicted molar refractivity (Wildman–Crippen MR) is 45.6 cm³/mol. The number of hydrogen-bond donors (Lipinski definition) is 0. The second-order valence-electron chi connectivity index (χ2n) is 3.85. The summed E-state index contributed by atoms with van der Waals surface area (Å²) >= 11 is 0. The molecule has 0 fully saturated rings. The van der Waals surface area contributed by atoms with E-state index in [1.54, 1.807) is 6.21 Å². The average Bonchev–Trinajstić information content (AvgIpc) is 1.86. The summed E-state index contributed by atoms with van der Waals surface area (Å²) in [6, 6.07) is 0. The Morgan fingerprint density at radius 1 is 1.45 bits per heavy atom. The molecule has 1 atom stereocenters. The van der Waals surface area contributed by atoms with Crippen molar-refractivity contribution < 1.29 is 4.79 Å². The van der Waals surface area contributed by atoms with Crippen LogP contribution in [0.5, 0.6) is 0 Å². The summed E-state index contributed by atoms with van der Waals surface area (Å²) < 4.78 is 0. The van der Waals surface area contributed by atoms with E-state index in [4.69, 9.17) is 0 Å². The Morgan fingerprint density at radius 3 is 2.45 bits per heavy atom. The van der Waals surface area contributed by atoms with Crippen molar-refractivity contribution in [2.45, 2.75) is 20.8 Å². The van der Waals surface area contributed by atoms with E-state index in [1.165, 1.54) is 0 Å². The van der Waals surface area contributed by atoms with Crippen molar-refractivity contribution in [2.24, 2.45) is 16.3 Å². The minimum atomic E-state index is -0.0486. The van der Waals surface area contributed by atoms with Gasteiger partial charge in [0.25, 0.3) is 5.91 Å². The molecule has 11 heavy (non-hydrogen) atoms.